The fourth-order valence-electron chi connectivity index (χ4n) is 5.02. The Labute approximate surface area is 251 Å². The lowest BCUT2D eigenvalue weighted by Crippen LogP contribution is -2.51. The Kier molecular flexibility index (Phi) is 8.54. The van der Waals surface area contributed by atoms with Gasteiger partial charge in [-0.15, -0.1) is 4.99 Å². The minimum absolute atomic E-state index is 0.0310. The van der Waals surface area contributed by atoms with Crippen molar-refractivity contribution in [3.05, 3.63) is 75.0 Å². The molecule has 0 saturated carbocycles. The van der Waals surface area contributed by atoms with Crippen LogP contribution in [0.3, 0.4) is 0 Å². The monoisotopic (exact) mass is 611 g/mol. The molecule has 4 heterocycles. The van der Waals surface area contributed by atoms with Gasteiger partial charge in [-0.05, 0) is 55.2 Å². The Morgan fingerprint density at radius 2 is 2.07 bits per heavy atom. The average Bonchev–Trinajstić information content (AvgIpc) is 3.60. The Balaban J connectivity index is 1.29. The highest BCUT2D eigenvalue weighted by molar-refractivity contribution is 6.40. The summed E-state index contributed by atoms with van der Waals surface area (Å²) in [5, 5.41) is 25.5. The average molecular weight is 612 g/mol. The van der Waals surface area contributed by atoms with Crippen LogP contribution in [0.4, 0.5) is 0 Å². The molecule has 3 N–H and O–H groups in total. The number of halogens is 2. The van der Waals surface area contributed by atoms with Crippen LogP contribution in [-0.2, 0) is 22.6 Å². The van der Waals surface area contributed by atoms with Crippen LogP contribution in [0.25, 0.3) is 5.52 Å². The zero-order valence-corrected chi connectivity index (χ0v) is 24.0. The third-order valence-corrected chi connectivity index (χ3v) is 7.89. The molecule has 2 amide bonds. The minimum atomic E-state index is -1.41. The van der Waals surface area contributed by atoms with Gasteiger partial charge < -0.3 is 25.0 Å². The number of hydrogen-bond acceptors (Lipinski definition) is 6. The standard InChI is InChI=1S/C28H27Cl2N7O5/c1-16-5-9-37(42-16)28(33-15-31)32-12-22(27(40)41)34-25(38)23-21(29)11-17-13-36(8-6-20(17)24(23)30)26(39)18-10-19-4-2-3-7-35(19)14-18/h2-4,7,10-11,14,16,22H,5-6,8-9,12-13H2,1H3,(H,32,33)(H,34,38)(H,40,41)/t16-,22-/m0/s1. The molecule has 2 atom stereocenters. The van der Waals surface area contributed by atoms with E-state index < -0.39 is 17.9 Å². The highest BCUT2D eigenvalue weighted by Gasteiger charge is 2.31. The molecule has 2 aromatic heterocycles. The number of rotatable bonds is 6. The fraction of sp³-hybridized carbons (Fsp3) is 0.321. The van der Waals surface area contributed by atoms with Crippen LogP contribution in [0, 0.1) is 11.5 Å². The van der Waals surface area contributed by atoms with Crippen molar-refractivity contribution in [1.82, 2.24) is 25.0 Å². The van der Waals surface area contributed by atoms with Gasteiger partial charge in [0.25, 0.3) is 11.8 Å². The van der Waals surface area contributed by atoms with E-state index in [0.717, 1.165) is 5.52 Å². The van der Waals surface area contributed by atoms with Crippen molar-refractivity contribution >= 4 is 52.5 Å². The van der Waals surface area contributed by atoms with Crippen molar-refractivity contribution in [2.75, 3.05) is 19.6 Å². The number of benzene rings is 1. The number of pyridine rings is 1. The highest BCUT2D eigenvalue weighted by Crippen LogP contribution is 2.35. The maximum atomic E-state index is 13.2. The van der Waals surface area contributed by atoms with Crippen molar-refractivity contribution in [1.29, 1.82) is 5.26 Å². The van der Waals surface area contributed by atoms with Gasteiger partial charge in [-0.25, -0.2) is 9.86 Å². The zero-order valence-electron chi connectivity index (χ0n) is 22.5. The van der Waals surface area contributed by atoms with Crippen LogP contribution < -0.4 is 10.6 Å². The quantitative estimate of drug-likeness (QED) is 0.218. The number of aliphatic carboxylic acids is 1. The van der Waals surface area contributed by atoms with Crippen molar-refractivity contribution in [2.24, 2.45) is 4.99 Å². The Morgan fingerprint density at radius 1 is 1.26 bits per heavy atom. The predicted octanol–water partition coefficient (Wildman–Crippen LogP) is 3.08. The second kappa shape index (κ2) is 12.3. The summed E-state index contributed by atoms with van der Waals surface area (Å²) in [6.45, 7) is 2.66. The van der Waals surface area contributed by atoms with Crippen molar-refractivity contribution in [3.63, 3.8) is 0 Å². The molecule has 3 aromatic rings. The van der Waals surface area contributed by atoms with Crippen LogP contribution in [0.15, 0.2) is 47.7 Å². The number of carbonyl (C=O) groups is 3. The van der Waals surface area contributed by atoms with Gasteiger partial charge in [-0.1, -0.05) is 29.3 Å². The highest BCUT2D eigenvalue weighted by atomic mass is 35.5. The largest absolute Gasteiger partial charge is 0.480 e. The number of fused-ring (bicyclic) bond motifs is 2. The van der Waals surface area contributed by atoms with Gasteiger partial charge >= 0.3 is 5.97 Å². The number of nitrogens with zero attached hydrogens (tertiary/aromatic N) is 5. The summed E-state index contributed by atoms with van der Waals surface area (Å²) in [6, 6.07) is 7.71. The van der Waals surface area contributed by atoms with Gasteiger partial charge in [0.2, 0.25) is 12.2 Å². The first-order valence-electron chi connectivity index (χ1n) is 13.2. The number of nitriles is 1. The summed E-state index contributed by atoms with van der Waals surface area (Å²) < 4.78 is 1.88. The summed E-state index contributed by atoms with van der Waals surface area (Å²) >= 11 is 13.2. The number of nitrogens with one attached hydrogen (secondary N) is 2. The first-order valence-corrected chi connectivity index (χ1v) is 14.0. The van der Waals surface area contributed by atoms with E-state index in [4.69, 9.17) is 33.3 Å². The van der Waals surface area contributed by atoms with Gasteiger partial charge in [0.1, 0.15) is 6.04 Å². The third kappa shape index (κ3) is 5.99. The lowest BCUT2D eigenvalue weighted by atomic mass is 9.96. The molecule has 1 aromatic carbocycles. The first-order chi connectivity index (χ1) is 20.2. The lowest BCUT2D eigenvalue weighted by molar-refractivity contribution is -0.139. The van der Waals surface area contributed by atoms with Crippen LogP contribution >= 0.6 is 23.2 Å². The van der Waals surface area contributed by atoms with Gasteiger partial charge in [0.05, 0.1) is 33.8 Å². The van der Waals surface area contributed by atoms with E-state index in [0.29, 0.717) is 42.6 Å². The molecule has 2 aliphatic heterocycles. The molecule has 5 rings (SSSR count). The number of guanidine groups is 1. The molecule has 0 unspecified atom stereocenters. The van der Waals surface area contributed by atoms with E-state index in [1.54, 1.807) is 23.4 Å². The fourth-order valence-corrected chi connectivity index (χ4v) is 5.78. The number of aromatic nitrogens is 1. The van der Waals surface area contributed by atoms with Crippen LogP contribution in [0.5, 0.6) is 0 Å². The molecule has 0 spiro atoms. The smallest absolute Gasteiger partial charge is 0.328 e. The van der Waals surface area contributed by atoms with Crippen molar-refractivity contribution in [2.45, 2.75) is 38.5 Å². The number of hydroxylamine groups is 2. The Bertz CT molecular complexity index is 1600. The zero-order chi connectivity index (χ0) is 30.0. The molecule has 2 aliphatic rings. The van der Waals surface area contributed by atoms with Crippen LogP contribution in [-0.4, -0.2) is 75.0 Å². The normalized spacial score (nSPS) is 17.5. The molecule has 12 nitrogen and oxygen atoms in total. The Morgan fingerprint density at radius 3 is 2.76 bits per heavy atom. The van der Waals surface area contributed by atoms with E-state index in [9.17, 15) is 19.5 Å². The molecular formula is C28H27Cl2N7O5. The van der Waals surface area contributed by atoms with Crippen LogP contribution in [0.2, 0.25) is 10.0 Å². The number of amides is 2. The second-order valence-corrected chi connectivity index (χ2v) is 10.8. The number of hydrogen-bond donors (Lipinski definition) is 3. The third-order valence-electron chi connectivity index (χ3n) is 7.18. The van der Waals surface area contributed by atoms with Gasteiger partial charge in [-0.3, -0.25) is 14.4 Å². The van der Waals surface area contributed by atoms with Crippen LogP contribution in [0.1, 0.15) is 45.2 Å². The maximum absolute atomic E-state index is 13.2. The number of aliphatic imine (C=N–C) groups is 1. The van der Waals surface area contributed by atoms with E-state index in [2.05, 4.69) is 15.6 Å². The van der Waals surface area contributed by atoms with Crippen molar-refractivity contribution < 1.29 is 24.3 Å². The van der Waals surface area contributed by atoms with E-state index in [1.807, 2.05) is 41.8 Å². The van der Waals surface area contributed by atoms with E-state index in [1.165, 1.54) is 5.06 Å². The number of carbonyl (C=O) groups excluding carboxylic acids is 2. The summed E-state index contributed by atoms with van der Waals surface area (Å²) in [7, 11) is 0. The molecule has 218 valence electrons. The number of carboxylic acids is 1. The van der Waals surface area contributed by atoms with E-state index >= 15 is 0 Å². The van der Waals surface area contributed by atoms with Gasteiger partial charge in [-0.2, -0.15) is 5.26 Å². The first kappa shape index (κ1) is 29.2. The Hall–Kier alpha value is -4.31. The molecule has 0 bridgehead atoms. The maximum Gasteiger partial charge on any atom is 0.328 e. The molecule has 42 heavy (non-hydrogen) atoms. The summed E-state index contributed by atoms with van der Waals surface area (Å²) in [5.74, 6) is -2.19. The lowest BCUT2D eigenvalue weighted by Gasteiger charge is -2.30. The molecular weight excluding hydrogens is 585 g/mol. The van der Waals surface area contributed by atoms with Gasteiger partial charge in [0.15, 0.2) is 0 Å². The summed E-state index contributed by atoms with van der Waals surface area (Å²) in [4.78, 5) is 49.4. The second-order valence-electron chi connectivity index (χ2n) is 10.0. The SMILES string of the molecule is C[C@H]1CCN(/C(=N\C#N)NC[C@H](NC(=O)c2c(Cl)cc3c(c2Cl)CCN(C(=O)c2cc4ccccn4c2)C3)C(=O)O)O1. The van der Waals surface area contributed by atoms with Gasteiger partial charge in [0, 0.05) is 37.5 Å². The molecule has 1 fully saturated rings. The predicted molar refractivity (Wildman–Crippen MR) is 154 cm³/mol. The minimum Gasteiger partial charge on any atom is -0.480 e. The molecule has 0 aliphatic carbocycles. The topological polar surface area (TPSA) is 152 Å². The molecule has 1 saturated heterocycles. The summed E-state index contributed by atoms with van der Waals surface area (Å²) in [5.41, 5.74) is 2.79. The van der Waals surface area contributed by atoms with E-state index in [-0.39, 0.29) is 46.7 Å². The molecule has 14 heteroatoms. The van der Waals surface area contributed by atoms with Crippen molar-refractivity contribution in [3.8, 4) is 6.19 Å². The molecule has 0 radical (unpaired) electrons. The number of carboxylic acid groups (broad SMARTS) is 1. The summed E-state index contributed by atoms with van der Waals surface area (Å²) in [6.07, 6.45) is 6.31.